The number of hydrogen-bond acceptors (Lipinski definition) is 2. The third kappa shape index (κ3) is 3.29. The Labute approximate surface area is 165 Å². The van der Waals surface area contributed by atoms with Crippen molar-refractivity contribution in [1.29, 1.82) is 0 Å². The van der Waals surface area contributed by atoms with E-state index in [-0.39, 0.29) is 0 Å². The number of aromatic nitrogens is 1. The van der Waals surface area contributed by atoms with Crippen molar-refractivity contribution in [3.63, 3.8) is 0 Å². The maximum Gasteiger partial charge on any atom is 0.0468 e. The van der Waals surface area contributed by atoms with Gasteiger partial charge in [-0.3, -0.25) is 4.90 Å². The van der Waals surface area contributed by atoms with Crippen LogP contribution in [0.15, 0.2) is 36.4 Å². The van der Waals surface area contributed by atoms with Gasteiger partial charge in [-0.2, -0.15) is 0 Å². The van der Waals surface area contributed by atoms with Gasteiger partial charge in [0.15, 0.2) is 0 Å². The Morgan fingerprint density at radius 2 is 1.85 bits per heavy atom. The van der Waals surface area contributed by atoms with Crippen molar-refractivity contribution in [1.82, 2.24) is 15.2 Å². The summed E-state index contributed by atoms with van der Waals surface area (Å²) in [4.78, 5) is 6.20. The van der Waals surface area contributed by atoms with Gasteiger partial charge >= 0.3 is 0 Å². The van der Waals surface area contributed by atoms with Gasteiger partial charge in [0.25, 0.3) is 0 Å². The molecule has 2 aliphatic heterocycles. The molecule has 0 radical (unpaired) electrons. The molecular formula is C23H26ClN3. The smallest absolute Gasteiger partial charge is 0.0468 e. The van der Waals surface area contributed by atoms with Gasteiger partial charge in [-0.15, -0.1) is 0 Å². The van der Waals surface area contributed by atoms with Gasteiger partial charge in [0.05, 0.1) is 0 Å². The minimum Gasteiger partial charge on any atom is -0.355 e. The van der Waals surface area contributed by atoms with Crippen LogP contribution in [0.25, 0.3) is 22.2 Å². The highest BCUT2D eigenvalue weighted by Gasteiger charge is 2.19. The van der Waals surface area contributed by atoms with Crippen LogP contribution >= 0.6 is 11.6 Å². The summed E-state index contributed by atoms with van der Waals surface area (Å²) in [5.41, 5.74) is 7.64. The average Bonchev–Trinajstić information content (AvgIpc) is 3.31. The van der Waals surface area contributed by atoms with Gasteiger partial charge in [-0.25, -0.2) is 0 Å². The highest BCUT2D eigenvalue weighted by molar-refractivity contribution is 6.31. The molecule has 1 fully saturated rings. The zero-order valence-corrected chi connectivity index (χ0v) is 16.6. The Morgan fingerprint density at radius 3 is 2.70 bits per heavy atom. The number of aromatic amines is 1. The van der Waals surface area contributed by atoms with Crippen LogP contribution in [0.3, 0.4) is 0 Å². The minimum absolute atomic E-state index is 0.862. The van der Waals surface area contributed by atoms with Gasteiger partial charge in [-0.05, 0) is 72.8 Å². The monoisotopic (exact) mass is 379 g/mol. The first-order valence-corrected chi connectivity index (χ1v) is 10.4. The normalized spacial score (nSPS) is 18.3. The van der Waals surface area contributed by atoms with E-state index < -0.39 is 0 Å². The number of fused-ring (bicyclic) bond motifs is 2. The fraction of sp³-hybridized carbons (Fsp3) is 0.391. The van der Waals surface area contributed by atoms with E-state index in [2.05, 4.69) is 52.5 Å². The molecule has 3 heterocycles. The Balaban J connectivity index is 1.44. The summed E-state index contributed by atoms with van der Waals surface area (Å²) in [6.45, 7) is 7.63. The summed E-state index contributed by atoms with van der Waals surface area (Å²) in [6.07, 6.45) is 2.65. The van der Waals surface area contributed by atoms with Crippen LogP contribution in [0, 0.1) is 5.92 Å². The number of rotatable bonds is 3. The van der Waals surface area contributed by atoms with E-state index in [4.69, 9.17) is 11.6 Å². The third-order valence-electron chi connectivity index (χ3n) is 6.24. The third-order valence-corrected chi connectivity index (χ3v) is 6.59. The number of nitrogens with one attached hydrogen (secondary N) is 2. The molecule has 27 heavy (non-hydrogen) atoms. The highest BCUT2D eigenvalue weighted by Crippen LogP contribution is 2.34. The molecule has 0 unspecified atom stereocenters. The van der Waals surface area contributed by atoms with Crippen LogP contribution in [0.2, 0.25) is 5.02 Å². The first-order valence-electron chi connectivity index (χ1n) is 10.0. The van der Waals surface area contributed by atoms with E-state index in [1.165, 1.54) is 64.8 Å². The summed E-state index contributed by atoms with van der Waals surface area (Å²) in [5, 5.41) is 5.59. The van der Waals surface area contributed by atoms with Crippen LogP contribution in [-0.4, -0.2) is 23.0 Å². The Morgan fingerprint density at radius 1 is 1.04 bits per heavy atom. The first-order chi connectivity index (χ1) is 13.2. The molecule has 3 nitrogen and oxygen atoms in total. The Kier molecular flexibility index (Phi) is 4.47. The van der Waals surface area contributed by atoms with E-state index in [1.807, 2.05) is 6.07 Å². The van der Waals surface area contributed by atoms with E-state index in [9.17, 15) is 0 Å². The molecule has 2 N–H and O–H groups in total. The fourth-order valence-electron chi connectivity index (χ4n) is 4.53. The maximum atomic E-state index is 6.38. The number of piperidine rings is 1. The zero-order chi connectivity index (χ0) is 18.4. The summed E-state index contributed by atoms with van der Waals surface area (Å²) in [5.74, 6) is 0.881. The molecule has 0 saturated carbocycles. The van der Waals surface area contributed by atoms with Crippen LogP contribution in [-0.2, 0) is 19.6 Å². The van der Waals surface area contributed by atoms with E-state index in [0.29, 0.717) is 0 Å². The van der Waals surface area contributed by atoms with Crippen LogP contribution in [0.5, 0.6) is 0 Å². The van der Waals surface area contributed by atoms with E-state index in [0.717, 1.165) is 30.6 Å². The second-order valence-electron chi connectivity index (χ2n) is 8.22. The predicted octanol–water partition coefficient (Wildman–Crippen LogP) is 5.32. The second kappa shape index (κ2) is 6.97. The fourth-order valence-corrected chi connectivity index (χ4v) is 4.77. The molecule has 1 saturated heterocycles. The Hall–Kier alpha value is -1.81. The number of likely N-dealkylation sites (tertiary alicyclic amines) is 1. The molecule has 140 valence electrons. The number of hydrogen-bond donors (Lipinski definition) is 2. The molecule has 0 aliphatic carbocycles. The lowest BCUT2D eigenvalue weighted by Crippen LogP contribution is -2.32. The van der Waals surface area contributed by atoms with Gasteiger partial charge in [0.1, 0.15) is 0 Å². The quantitative estimate of drug-likeness (QED) is 0.645. The molecular weight excluding hydrogens is 354 g/mol. The molecule has 0 spiro atoms. The highest BCUT2D eigenvalue weighted by atomic mass is 35.5. The van der Waals surface area contributed by atoms with E-state index >= 15 is 0 Å². The molecule has 3 aromatic rings. The topological polar surface area (TPSA) is 31.1 Å². The van der Waals surface area contributed by atoms with Gasteiger partial charge in [-0.1, -0.05) is 30.7 Å². The number of nitrogens with zero attached hydrogens (tertiary/aromatic N) is 1. The molecule has 0 bridgehead atoms. The van der Waals surface area contributed by atoms with Crippen molar-refractivity contribution in [2.75, 3.05) is 13.1 Å². The van der Waals surface area contributed by atoms with Crippen molar-refractivity contribution >= 4 is 22.5 Å². The summed E-state index contributed by atoms with van der Waals surface area (Å²) < 4.78 is 0. The first kappa shape index (κ1) is 17.3. The van der Waals surface area contributed by atoms with Crippen molar-refractivity contribution in [3.05, 3.63) is 58.1 Å². The summed E-state index contributed by atoms with van der Waals surface area (Å²) in [7, 11) is 0. The summed E-state index contributed by atoms with van der Waals surface area (Å²) >= 11 is 6.38. The maximum absolute atomic E-state index is 6.38. The van der Waals surface area contributed by atoms with Crippen molar-refractivity contribution < 1.29 is 0 Å². The predicted molar refractivity (Wildman–Crippen MR) is 113 cm³/mol. The number of halogens is 1. The lowest BCUT2D eigenvalue weighted by atomic mass is 9.98. The minimum atomic E-state index is 0.862. The molecule has 5 rings (SSSR count). The Bertz CT molecular complexity index is 983. The average molecular weight is 380 g/mol. The number of benzene rings is 2. The van der Waals surface area contributed by atoms with Crippen molar-refractivity contribution in [2.24, 2.45) is 5.92 Å². The lowest BCUT2D eigenvalue weighted by Gasteiger charge is -2.30. The van der Waals surface area contributed by atoms with Crippen molar-refractivity contribution in [3.8, 4) is 11.3 Å². The molecule has 2 aromatic carbocycles. The largest absolute Gasteiger partial charge is 0.355 e. The lowest BCUT2D eigenvalue weighted by molar-refractivity contribution is 0.185. The van der Waals surface area contributed by atoms with Crippen LogP contribution in [0.1, 0.15) is 36.5 Å². The van der Waals surface area contributed by atoms with E-state index in [1.54, 1.807) is 0 Å². The van der Waals surface area contributed by atoms with Gasteiger partial charge < -0.3 is 10.3 Å². The molecule has 2 aliphatic rings. The second-order valence-corrected chi connectivity index (χ2v) is 8.63. The number of H-pyrrole nitrogens is 1. The molecule has 0 amide bonds. The molecule has 4 heteroatoms. The summed E-state index contributed by atoms with van der Waals surface area (Å²) in [6, 6.07) is 13.3. The SMILES string of the molecule is CC1CCN(Cc2ccc3[nH]c(-c4ccc(Cl)c5c4CNC5)cc3c2)CC1. The zero-order valence-electron chi connectivity index (χ0n) is 15.8. The van der Waals surface area contributed by atoms with Crippen LogP contribution < -0.4 is 5.32 Å². The molecule has 1 aromatic heterocycles. The van der Waals surface area contributed by atoms with Gasteiger partial charge in [0, 0.05) is 46.8 Å². The standard InChI is InChI=1S/C23H26ClN3/c1-15-6-8-27(9-7-15)14-16-2-5-22-17(10-16)11-23(26-22)18-3-4-21(24)20-13-25-12-19(18)20/h2-5,10-11,15,25-26H,6-9,12-14H2,1H3. The van der Waals surface area contributed by atoms with Crippen molar-refractivity contribution in [2.45, 2.75) is 39.4 Å². The van der Waals surface area contributed by atoms with Gasteiger partial charge in [0.2, 0.25) is 0 Å². The molecule has 0 atom stereocenters. The van der Waals surface area contributed by atoms with Crippen LogP contribution in [0.4, 0.5) is 0 Å².